The first-order valence-corrected chi connectivity index (χ1v) is 7.25. The SMILES string of the molecule is Fc1cc(Cl)cc(Oc2ccc(Br)c3c2CCC3)c1. The van der Waals surface area contributed by atoms with Gasteiger partial charge in [-0.05, 0) is 54.7 Å². The van der Waals surface area contributed by atoms with Gasteiger partial charge in [-0.25, -0.2) is 4.39 Å². The number of ether oxygens (including phenoxy) is 1. The molecule has 0 unspecified atom stereocenters. The van der Waals surface area contributed by atoms with Gasteiger partial charge >= 0.3 is 0 Å². The van der Waals surface area contributed by atoms with Gasteiger partial charge in [0.2, 0.25) is 0 Å². The standard InChI is InChI=1S/C15H11BrClFO/c16-14-4-5-15(13-3-1-2-12(13)14)19-11-7-9(17)6-10(18)8-11/h4-8H,1-3H2. The van der Waals surface area contributed by atoms with E-state index in [2.05, 4.69) is 15.9 Å². The normalized spacial score (nSPS) is 13.4. The summed E-state index contributed by atoms with van der Waals surface area (Å²) in [6.07, 6.45) is 3.17. The van der Waals surface area contributed by atoms with Gasteiger partial charge in [0, 0.05) is 15.6 Å². The highest BCUT2D eigenvalue weighted by Gasteiger charge is 2.19. The maximum absolute atomic E-state index is 13.3. The smallest absolute Gasteiger partial charge is 0.131 e. The van der Waals surface area contributed by atoms with E-state index in [9.17, 15) is 4.39 Å². The zero-order valence-electron chi connectivity index (χ0n) is 10.1. The molecule has 0 fully saturated rings. The maximum atomic E-state index is 13.3. The topological polar surface area (TPSA) is 9.23 Å². The van der Waals surface area contributed by atoms with Gasteiger partial charge in [0.05, 0.1) is 0 Å². The summed E-state index contributed by atoms with van der Waals surface area (Å²) >= 11 is 9.38. The maximum Gasteiger partial charge on any atom is 0.131 e. The third-order valence-corrected chi connectivity index (χ3v) is 4.21. The monoisotopic (exact) mass is 340 g/mol. The zero-order valence-corrected chi connectivity index (χ0v) is 12.4. The molecule has 2 aromatic carbocycles. The summed E-state index contributed by atoms with van der Waals surface area (Å²) in [4.78, 5) is 0. The van der Waals surface area contributed by atoms with Gasteiger partial charge in [0.15, 0.2) is 0 Å². The molecule has 0 aromatic heterocycles. The Kier molecular flexibility index (Phi) is 3.50. The lowest BCUT2D eigenvalue weighted by molar-refractivity contribution is 0.471. The molecule has 1 aliphatic rings. The van der Waals surface area contributed by atoms with Crippen LogP contribution in [0, 0.1) is 5.82 Å². The third kappa shape index (κ3) is 2.63. The van der Waals surface area contributed by atoms with Crippen molar-refractivity contribution in [2.24, 2.45) is 0 Å². The van der Waals surface area contributed by atoms with Gasteiger partial charge < -0.3 is 4.74 Å². The minimum atomic E-state index is -0.392. The Bertz CT molecular complexity index is 622. The molecule has 0 saturated heterocycles. The summed E-state index contributed by atoms with van der Waals surface area (Å²) in [5.74, 6) is 0.829. The second-order valence-electron chi connectivity index (χ2n) is 4.56. The molecule has 19 heavy (non-hydrogen) atoms. The van der Waals surface area contributed by atoms with Crippen LogP contribution in [0.1, 0.15) is 17.5 Å². The number of benzene rings is 2. The van der Waals surface area contributed by atoms with Crippen LogP contribution in [0.25, 0.3) is 0 Å². The fraction of sp³-hybridized carbons (Fsp3) is 0.200. The summed E-state index contributed by atoms with van der Waals surface area (Å²) in [7, 11) is 0. The lowest BCUT2D eigenvalue weighted by Gasteiger charge is -2.12. The van der Waals surface area contributed by atoms with Gasteiger partial charge in [-0.3, -0.25) is 0 Å². The van der Waals surface area contributed by atoms with Crippen molar-refractivity contribution in [3.8, 4) is 11.5 Å². The third-order valence-electron chi connectivity index (χ3n) is 3.25. The average molecular weight is 342 g/mol. The van der Waals surface area contributed by atoms with Crippen molar-refractivity contribution in [2.45, 2.75) is 19.3 Å². The minimum absolute atomic E-state index is 0.337. The van der Waals surface area contributed by atoms with E-state index in [4.69, 9.17) is 16.3 Å². The van der Waals surface area contributed by atoms with Gasteiger partial charge in [-0.2, -0.15) is 0 Å². The number of halogens is 3. The van der Waals surface area contributed by atoms with E-state index in [-0.39, 0.29) is 0 Å². The first kappa shape index (κ1) is 12.9. The predicted molar refractivity (Wildman–Crippen MR) is 77.7 cm³/mol. The Morgan fingerprint density at radius 3 is 2.68 bits per heavy atom. The summed E-state index contributed by atoms with van der Waals surface area (Å²) in [5, 5.41) is 0.337. The molecule has 1 nitrogen and oxygen atoms in total. The molecule has 0 N–H and O–H groups in total. The molecular formula is C15H11BrClFO. The largest absolute Gasteiger partial charge is 0.457 e. The van der Waals surface area contributed by atoms with Crippen molar-refractivity contribution < 1.29 is 9.13 Å². The van der Waals surface area contributed by atoms with Crippen molar-refractivity contribution in [3.63, 3.8) is 0 Å². The highest BCUT2D eigenvalue weighted by atomic mass is 79.9. The Morgan fingerprint density at radius 1 is 1.11 bits per heavy atom. The highest BCUT2D eigenvalue weighted by molar-refractivity contribution is 9.10. The lowest BCUT2D eigenvalue weighted by Crippen LogP contribution is -1.92. The molecule has 98 valence electrons. The summed E-state index contributed by atoms with van der Waals surface area (Å²) in [6, 6.07) is 8.11. The Labute approximate surface area is 124 Å². The van der Waals surface area contributed by atoms with E-state index in [0.717, 1.165) is 29.5 Å². The molecule has 0 bridgehead atoms. The van der Waals surface area contributed by atoms with Gasteiger partial charge in [-0.1, -0.05) is 27.5 Å². The van der Waals surface area contributed by atoms with Crippen LogP contribution in [0.3, 0.4) is 0 Å². The second kappa shape index (κ2) is 5.14. The second-order valence-corrected chi connectivity index (χ2v) is 5.85. The molecule has 0 atom stereocenters. The molecule has 4 heteroatoms. The predicted octanol–water partition coefficient (Wildman–Crippen LogP) is 5.52. The molecule has 0 heterocycles. The molecular weight excluding hydrogens is 331 g/mol. The number of rotatable bonds is 2. The van der Waals surface area contributed by atoms with Gasteiger partial charge in [0.25, 0.3) is 0 Å². The van der Waals surface area contributed by atoms with Crippen LogP contribution in [0.4, 0.5) is 4.39 Å². The Balaban J connectivity index is 1.98. The lowest BCUT2D eigenvalue weighted by atomic mass is 10.1. The van der Waals surface area contributed by atoms with E-state index in [1.807, 2.05) is 12.1 Å². The van der Waals surface area contributed by atoms with Crippen LogP contribution in [0.15, 0.2) is 34.8 Å². The molecule has 0 radical (unpaired) electrons. The summed E-state index contributed by atoms with van der Waals surface area (Å²) < 4.78 is 20.2. The van der Waals surface area contributed by atoms with Crippen LogP contribution in [0.2, 0.25) is 5.02 Å². The highest BCUT2D eigenvalue weighted by Crippen LogP contribution is 2.38. The summed E-state index contributed by atoms with van der Waals surface area (Å²) in [5.41, 5.74) is 2.50. The minimum Gasteiger partial charge on any atom is -0.457 e. The van der Waals surface area contributed by atoms with Crippen LogP contribution in [0.5, 0.6) is 11.5 Å². The van der Waals surface area contributed by atoms with E-state index in [1.54, 1.807) is 6.07 Å². The number of hydrogen-bond donors (Lipinski definition) is 0. The molecule has 0 aliphatic heterocycles. The van der Waals surface area contributed by atoms with E-state index in [1.165, 1.54) is 23.3 Å². The van der Waals surface area contributed by atoms with Gasteiger partial charge in [0.1, 0.15) is 17.3 Å². The molecule has 0 amide bonds. The first-order valence-electron chi connectivity index (χ1n) is 6.08. The fourth-order valence-electron chi connectivity index (χ4n) is 2.44. The van der Waals surface area contributed by atoms with E-state index >= 15 is 0 Å². The number of hydrogen-bond acceptors (Lipinski definition) is 1. The van der Waals surface area contributed by atoms with Crippen molar-refractivity contribution >= 4 is 27.5 Å². The Hall–Kier alpha value is -1.06. The summed E-state index contributed by atoms with van der Waals surface area (Å²) in [6.45, 7) is 0. The van der Waals surface area contributed by atoms with Crippen molar-refractivity contribution in [2.75, 3.05) is 0 Å². The van der Waals surface area contributed by atoms with E-state index in [0.29, 0.717) is 10.8 Å². The van der Waals surface area contributed by atoms with Crippen molar-refractivity contribution in [1.29, 1.82) is 0 Å². The van der Waals surface area contributed by atoms with Crippen LogP contribution in [-0.4, -0.2) is 0 Å². The van der Waals surface area contributed by atoms with Crippen molar-refractivity contribution in [3.05, 3.63) is 56.8 Å². The number of fused-ring (bicyclic) bond motifs is 1. The van der Waals surface area contributed by atoms with Crippen LogP contribution in [-0.2, 0) is 12.8 Å². The first-order chi connectivity index (χ1) is 9.13. The van der Waals surface area contributed by atoms with Gasteiger partial charge in [-0.15, -0.1) is 0 Å². The van der Waals surface area contributed by atoms with Crippen molar-refractivity contribution in [1.82, 2.24) is 0 Å². The zero-order chi connectivity index (χ0) is 13.4. The molecule has 0 saturated carbocycles. The molecule has 3 rings (SSSR count). The molecule has 1 aliphatic carbocycles. The Morgan fingerprint density at radius 2 is 1.89 bits per heavy atom. The average Bonchev–Trinajstić information content (AvgIpc) is 2.81. The van der Waals surface area contributed by atoms with E-state index < -0.39 is 5.82 Å². The van der Waals surface area contributed by atoms with Crippen LogP contribution < -0.4 is 4.74 Å². The molecule has 2 aromatic rings. The fourth-order valence-corrected chi connectivity index (χ4v) is 3.22. The van der Waals surface area contributed by atoms with Crippen LogP contribution >= 0.6 is 27.5 Å². The quantitative estimate of drug-likeness (QED) is 0.698. The molecule has 0 spiro atoms.